The molecule has 0 aromatic carbocycles. The third-order valence-electron chi connectivity index (χ3n) is 2.19. The fraction of sp³-hybridized carbons (Fsp3) is 0.625. The SMILES string of the molecule is C.C.CC.CC.c1c[n+](CCOCC[n+]2cc[nH]c2)c[nH]1. The number of H-pyrrole nitrogens is 2. The Hall–Kier alpha value is -1.62. The van der Waals surface area contributed by atoms with Gasteiger partial charge in [-0.15, -0.1) is 0 Å². The molecular formula is C16H36N4O+2. The van der Waals surface area contributed by atoms with Gasteiger partial charge >= 0.3 is 0 Å². The van der Waals surface area contributed by atoms with E-state index in [0.717, 1.165) is 26.3 Å². The van der Waals surface area contributed by atoms with Gasteiger partial charge in [0, 0.05) is 0 Å². The van der Waals surface area contributed by atoms with Crippen molar-refractivity contribution in [2.45, 2.75) is 55.6 Å². The van der Waals surface area contributed by atoms with Crippen LogP contribution in [-0.2, 0) is 17.8 Å². The number of aromatic nitrogens is 4. The predicted molar refractivity (Wildman–Crippen MR) is 89.0 cm³/mol. The quantitative estimate of drug-likeness (QED) is 0.625. The second-order valence-corrected chi connectivity index (χ2v) is 3.31. The fourth-order valence-electron chi connectivity index (χ4n) is 1.36. The van der Waals surface area contributed by atoms with Crippen LogP contribution < -0.4 is 9.13 Å². The van der Waals surface area contributed by atoms with Gasteiger partial charge in [-0.2, -0.15) is 0 Å². The van der Waals surface area contributed by atoms with Gasteiger partial charge in [-0.3, -0.25) is 9.97 Å². The molecule has 0 saturated carbocycles. The van der Waals surface area contributed by atoms with E-state index in [1.54, 1.807) is 0 Å². The molecule has 0 radical (unpaired) electrons. The van der Waals surface area contributed by atoms with Crippen LogP contribution in [0.5, 0.6) is 0 Å². The highest BCUT2D eigenvalue weighted by Gasteiger charge is 1.98. The van der Waals surface area contributed by atoms with Crippen LogP contribution in [0.2, 0.25) is 0 Å². The molecule has 0 bridgehead atoms. The molecule has 2 rings (SSSR count). The van der Waals surface area contributed by atoms with Gasteiger partial charge in [-0.05, 0) is 0 Å². The Morgan fingerprint density at radius 3 is 1.43 bits per heavy atom. The summed E-state index contributed by atoms with van der Waals surface area (Å²) in [4.78, 5) is 5.98. The molecule has 5 nitrogen and oxygen atoms in total. The van der Waals surface area contributed by atoms with E-state index in [1.165, 1.54) is 0 Å². The van der Waals surface area contributed by atoms with Crippen molar-refractivity contribution < 1.29 is 13.9 Å². The Kier molecular flexibility index (Phi) is 21.4. The van der Waals surface area contributed by atoms with Gasteiger partial charge in [-0.25, -0.2) is 9.13 Å². The average Bonchev–Trinajstić information content (AvgIpc) is 3.16. The first kappa shape index (κ1) is 24.4. The molecule has 0 aliphatic heterocycles. The van der Waals surface area contributed by atoms with Crippen LogP contribution in [-0.4, -0.2) is 23.2 Å². The third-order valence-corrected chi connectivity index (χ3v) is 2.19. The van der Waals surface area contributed by atoms with E-state index in [2.05, 4.69) is 19.1 Å². The number of nitrogens with one attached hydrogen (secondary N) is 2. The van der Waals surface area contributed by atoms with E-state index in [1.807, 2.05) is 65.1 Å². The zero-order chi connectivity index (χ0) is 14.3. The maximum atomic E-state index is 5.51. The van der Waals surface area contributed by atoms with Gasteiger partial charge in [0.25, 0.3) is 0 Å². The number of nitrogens with zero attached hydrogens (tertiary/aromatic N) is 2. The van der Waals surface area contributed by atoms with Crippen LogP contribution in [0.25, 0.3) is 0 Å². The normalized spacial score (nSPS) is 8.19. The minimum absolute atomic E-state index is 0. The average molecular weight is 300 g/mol. The molecule has 0 saturated heterocycles. The van der Waals surface area contributed by atoms with E-state index < -0.39 is 0 Å². The van der Waals surface area contributed by atoms with E-state index in [-0.39, 0.29) is 14.9 Å². The first-order valence-corrected chi connectivity index (χ1v) is 7.06. The Bertz CT molecular complexity index is 321. The number of hydrogen-bond donors (Lipinski definition) is 2. The van der Waals surface area contributed by atoms with Crippen LogP contribution in [0.15, 0.2) is 37.4 Å². The summed E-state index contributed by atoms with van der Waals surface area (Å²) in [6.45, 7) is 11.3. The summed E-state index contributed by atoms with van der Waals surface area (Å²) in [5.74, 6) is 0. The van der Waals surface area contributed by atoms with Crippen molar-refractivity contribution in [2.75, 3.05) is 13.2 Å². The minimum Gasteiger partial charge on any atom is -0.373 e. The highest BCUT2D eigenvalue weighted by Crippen LogP contribution is 1.78. The summed E-state index contributed by atoms with van der Waals surface area (Å²) < 4.78 is 9.63. The van der Waals surface area contributed by atoms with E-state index in [9.17, 15) is 0 Å². The lowest BCUT2D eigenvalue weighted by molar-refractivity contribution is -0.704. The summed E-state index contributed by atoms with van der Waals surface area (Å²) in [6, 6.07) is 0. The molecule has 0 fully saturated rings. The summed E-state index contributed by atoms with van der Waals surface area (Å²) >= 11 is 0. The topological polar surface area (TPSA) is 48.6 Å². The minimum atomic E-state index is 0. The van der Waals surface area contributed by atoms with Crippen molar-refractivity contribution in [3.63, 3.8) is 0 Å². The molecule has 5 heteroatoms. The smallest absolute Gasteiger partial charge is 0.241 e. The van der Waals surface area contributed by atoms with Crippen LogP contribution in [0.3, 0.4) is 0 Å². The lowest BCUT2D eigenvalue weighted by Crippen LogP contribution is -2.36. The maximum absolute atomic E-state index is 5.51. The van der Waals surface area contributed by atoms with Gasteiger partial charge in [-0.1, -0.05) is 42.5 Å². The van der Waals surface area contributed by atoms with Gasteiger partial charge in [0.1, 0.15) is 37.9 Å². The van der Waals surface area contributed by atoms with E-state index in [0.29, 0.717) is 0 Å². The number of hydrogen-bond acceptors (Lipinski definition) is 1. The molecule has 2 aromatic heterocycles. The molecule has 2 aromatic rings. The second-order valence-electron chi connectivity index (χ2n) is 3.31. The molecule has 2 N–H and O–H groups in total. The largest absolute Gasteiger partial charge is 0.373 e. The summed E-state index contributed by atoms with van der Waals surface area (Å²) in [6.07, 6.45) is 11.6. The van der Waals surface area contributed by atoms with Crippen molar-refractivity contribution >= 4 is 0 Å². The van der Waals surface area contributed by atoms with Crippen molar-refractivity contribution in [3.05, 3.63) is 37.4 Å². The maximum Gasteiger partial charge on any atom is 0.241 e. The Morgan fingerprint density at radius 1 is 0.762 bits per heavy atom. The lowest BCUT2D eigenvalue weighted by Gasteiger charge is -2.00. The Labute approximate surface area is 131 Å². The van der Waals surface area contributed by atoms with E-state index >= 15 is 0 Å². The van der Waals surface area contributed by atoms with Crippen molar-refractivity contribution in [1.29, 1.82) is 0 Å². The van der Waals surface area contributed by atoms with Crippen molar-refractivity contribution in [3.8, 4) is 0 Å². The summed E-state index contributed by atoms with van der Waals surface area (Å²) in [5.41, 5.74) is 0. The molecule has 124 valence electrons. The zero-order valence-corrected chi connectivity index (χ0v) is 12.6. The van der Waals surface area contributed by atoms with Crippen molar-refractivity contribution in [1.82, 2.24) is 9.97 Å². The van der Waals surface area contributed by atoms with Crippen LogP contribution in [0, 0.1) is 0 Å². The second kappa shape index (κ2) is 18.4. The first-order chi connectivity index (χ1) is 9.45. The highest BCUT2D eigenvalue weighted by atomic mass is 16.5. The zero-order valence-electron chi connectivity index (χ0n) is 12.6. The Morgan fingerprint density at radius 2 is 1.14 bits per heavy atom. The highest BCUT2D eigenvalue weighted by molar-refractivity contribution is 4.56. The molecule has 0 aliphatic carbocycles. The third kappa shape index (κ3) is 11.9. The van der Waals surface area contributed by atoms with Crippen LogP contribution in [0.4, 0.5) is 0 Å². The number of imidazole rings is 2. The van der Waals surface area contributed by atoms with Crippen LogP contribution in [0.1, 0.15) is 42.5 Å². The number of rotatable bonds is 6. The number of aromatic amines is 2. The number of ether oxygens (including phenoxy) is 1. The molecule has 0 spiro atoms. The molecule has 0 aliphatic rings. The molecule has 0 amide bonds. The molecule has 21 heavy (non-hydrogen) atoms. The van der Waals surface area contributed by atoms with Crippen molar-refractivity contribution in [2.24, 2.45) is 0 Å². The standard InChI is InChI=1S/C10H14N4O.2C2H6.2CH4/c1-3-13(9-11-1)5-7-15-8-6-14-4-2-12-10-14;2*1-2;;/h1-4,9-10H,5-8H2;2*1-2H3;2*1H4/p+2. The molecule has 2 heterocycles. The Balaban J connectivity index is -0.000000499. The van der Waals surface area contributed by atoms with E-state index in [4.69, 9.17) is 4.74 Å². The summed E-state index contributed by atoms with van der Waals surface area (Å²) in [7, 11) is 0. The molecule has 0 atom stereocenters. The lowest BCUT2D eigenvalue weighted by atomic mass is 10.6. The monoisotopic (exact) mass is 300 g/mol. The molecule has 0 unspecified atom stereocenters. The van der Waals surface area contributed by atoms with Gasteiger partial charge in [0.05, 0.1) is 13.2 Å². The van der Waals surface area contributed by atoms with Crippen LogP contribution >= 0.6 is 0 Å². The first-order valence-electron chi connectivity index (χ1n) is 7.06. The molecular weight excluding hydrogens is 264 g/mol. The predicted octanol–water partition coefficient (Wildman–Crippen LogP) is 2.96. The van der Waals surface area contributed by atoms with Gasteiger partial charge in [0.2, 0.25) is 12.7 Å². The fourth-order valence-corrected chi connectivity index (χ4v) is 1.36. The van der Waals surface area contributed by atoms with Gasteiger partial charge in [0.15, 0.2) is 0 Å². The van der Waals surface area contributed by atoms with Gasteiger partial charge < -0.3 is 4.74 Å². The summed E-state index contributed by atoms with van der Waals surface area (Å²) in [5, 5.41) is 0.